The summed E-state index contributed by atoms with van der Waals surface area (Å²) in [5.74, 6) is 1.40. The van der Waals surface area contributed by atoms with E-state index in [1.54, 1.807) is 13.2 Å². The lowest BCUT2D eigenvalue weighted by Gasteiger charge is -2.10. The Morgan fingerprint density at radius 1 is 0.862 bits per heavy atom. The number of nitrogens with one attached hydrogen (secondary N) is 2. The number of aryl methyl sites for hydroxylation is 1. The summed E-state index contributed by atoms with van der Waals surface area (Å²) >= 11 is 0. The zero-order valence-electron chi connectivity index (χ0n) is 16.6. The number of hydrogen-bond acceptors (Lipinski definition) is 4. The summed E-state index contributed by atoms with van der Waals surface area (Å²) in [4.78, 5) is 12.1. The predicted octanol–water partition coefficient (Wildman–Crippen LogP) is 4.76. The highest BCUT2D eigenvalue weighted by atomic mass is 16.5. The van der Waals surface area contributed by atoms with Crippen molar-refractivity contribution in [3.63, 3.8) is 0 Å². The van der Waals surface area contributed by atoms with Crippen LogP contribution in [0.5, 0.6) is 11.5 Å². The summed E-state index contributed by atoms with van der Waals surface area (Å²) in [6, 6.07) is 25.3. The van der Waals surface area contributed by atoms with Crippen LogP contribution in [-0.2, 0) is 11.2 Å². The summed E-state index contributed by atoms with van der Waals surface area (Å²) < 4.78 is 10.9. The Labute approximate surface area is 171 Å². The summed E-state index contributed by atoms with van der Waals surface area (Å²) in [5.41, 5.74) is 2.89. The number of carbonyl (C=O) groups excluding carboxylic acids is 1. The molecule has 3 aromatic carbocycles. The van der Waals surface area contributed by atoms with Crippen molar-refractivity contribution in [1.82, 2.24) is 0 Å². The summed E-state index contributed by atoms with van der Waals surface area (Å²) in [5, 5.41) is 5.95. The maximum atomic E-state index is 12.1. The van der Waals surface area contributed by atoms with Gasteiger partial charge >= 0.3 is 0 Å². The summed E-state index contributed by atoms with van der Waals surface area (Å²) in [6.45, 7) is 0.846. The number of carbonyl (C=O) groups is 1. The molecule has 0 saturated carbocycles. The number of methoxy groups -OCH3 is 1. The molecule has 0 atom stereocenters. The largest absolute Gasteiger partial charge is 0.497 e. The van der Waals surface area contributed by atoms with Crippen LogP contribution < -0.4 is 20.1 Å². The van der Waals surface area contributed by atoms with E-state index in [0.717, 1.165) is 24.3 Å². The van der Waals surface area contributed by atoms with Gasteiger partial charge in [0.2, 0.25) is 5.91 Å². The van der Waals surface area contributed by atoms with Crippen LogP contribution in [-0.4, -0.2) is 26.2 Å². The Balaban J connectivity index is 1.37. The predicted molar refractivity (Wildman–Crippen MR) is 117 cm³/mol. The molecule has 0 saturated heterocycles. The zero-order valence-corrected chi connectivity index (χ0v) is 16.6. The highest BCUT2D eigenvalue weighted by Crippen LogP contribution is 2.18. The van der Waals surface area contributed by atoms with E-state index in [2.05, 4.69) is 34.9 Å². The van der Waals surface area contributed by atoms with Crippen LogP contribution in [0.3, 0.4) is 0 Å². The fraction of sp³-hybridized carbons (Fsp3) is 0.208. The molecule has 2 N–H and O–H groups in total. The van der Waals surface area contributed by atoms with Gasteiger partial charge in [-0.05, 0) is 54.8 Å². The van der Waals surface area contributed by atoms with Gasteiger partial charge in [0.05, 0.1) is 20.3 Å². The Morgan fingerprint density at radius 3 is 2.41 bits per heavy atom. The minimum absolute atomic E-state index is 0.125. The first kappa shape index (κ1) is 20.3. The van der Waals surface area contributed by atoms with E-state index in [9.17, 15) is 4.79 Å². The first-order chi connectivity index (χ1) is 14.2. The standard InChI is InChI=1S/C24H26N2O3/c1-28-23-11-5-10-21(17-23)26-24(27)18-25-20-12-14-22(15-13-20)29-16-6-9-19-7-3-2-4-8-19/h2-5,7-8,10-15,17,25H,6,9,16,18H2,1H3,(H,26,27). The molecule has 0 spiro atoms. The number of benzene rings is 3. The van der Waals surface area contributed by atoms with E-state index in [1.165, 1.54) is 5.56 Å². The molecule has 0 aliphatic heterocycles. The molecule has 0 unspecified atom stereocenters. The highest BCUT2D eigenvalue weighted by molar-refractivity contribution is 5.93. The molecule has 0 radical (unpaired) electrons. The van der Waals surface area contributed by atoms with Gasteiger partial charge in [0.15, 0.2) is 0 Å². The van der Waals surface area contributed by atoms with Gasteiger partial charge in [0, 0.05) is 17.4 Å². The second-order valence-corrected chi connectivity index (χ2v) is 6.60. The van der Waals surface area contributed by atoms with Gasteiger partial charge in [-0.1, -0.05) is 36.4 Å². The number of amides is 1. The molecule has 0 fully saturated rings. The van der Waals surface area contributed by atoms with Crippen molar-refractivity contribution >= 4 is 17.3 Å². The Morgan fingerprint density at radius 2 is 1.66 bits per heavy atom. The first-order valence-corrected chi connectivity index (χ1v) is 9.67. The van der Waals surface area contributed by atoms with Crippen LogP contribution in [0.4, 0.5) is 11.4 Å². The molecule has 5 heteroatoms. The molecule has 150 valence electrons. The third-order valence-corrected chi connectivity index (χ3v) is 4.38. The molecule has 3 aromatic rings. The van der Waals surface area contributed by atoms with Crippen molar-refractivity contribution in [2.24, 2.45) is 0 Å². The number of rotatable bonds is 10. The van der Waals surface area contributed by atoms with Gasteiger partial charge in [0.25, 0.3) is 0 Å². The van der Waals surface area contributed by atoms with E-state index in [1.807, 2.05) is 48.5 Å². The lowest BCUT2D eigenvalue weighted by Crippen LogP contribution is -2.21. The van der Waals surface area contributed by atoms with Gasteiger partial charge in [-0.25, -0.2) is 0 Å². The smallest absolute Gasteiger partial charge is 0.243 e. The van der Waals surface area contributed by atoms with Gasteiger partial charge in [-0.15, -0.1) is 0 Å². The second-order valence-electron chi connectivity index (χ2n) is 6.60. The third-order valence-electron chi connectivity index (χ3n) is 4.38. The van der Waals surface area contributed by atoms with E-state index in [0.29, 0.717) is 18.0 Å². The van der Waals surface area contributed by atoms with Crippen LogP contribution >= 0.6 is 0 Å². The van der Waals surface area contributed by atoms with Gasteiger partial charge in [0.1, 0.15) is 11.5 Å². The monoisotopic (exact) mass is 390 g/mol. The average molecular weight is 390 g/mol. The fourth-order valence-corrected chi connectivity index (χ4v) is 2.87. The molecule has 5 nitrogen and oxygen atoms in total. The normalized spacial score (nSPS) is 10.2. The molecule has 0 aliphatic carbocycles. The molecular formula is C24H26N2O3. The molecule has 0 aromatic heterocycles. The highest BCUT2D eigenvalue weighted by Gasteiger charge is 2.04. The van der Waals surface area contributed by atoms with E-state index in [4.69, 9.17) is 9.47 Å². The van der Waals surface area contributed by atoms with Crippen molar-refractivity contribution in [2.75, 3.05) is 30.9 Å². The summed E-state index contributed by atoms with van der Waals surface area (Å²) in [6.07, 6.45) is 1.97. The lowest BCUT2D eigenvalue weighted by atomic mass is 10.1. The molecule has 0 aliphatic rings. The van der Waals surface area contributed by atoms with Gasteiger partial charge in [-0.3, -0.25) is 4.79 Å². The zero-order chi connectivity index (χ0) is 20.3. The quantitative estimate of drug-likeness (QED) is 0.490. The van der Waals surface area contributed by atoms with Crippen molar-refractivity contribution in [2.45, 2.75) is 12.8 Å². The number of hydrogen-bond donors (Lipinski definition) is 2. The molecule has 0 bridgehead atoms. The Kier molecular flexibility index (Phi) is 7.52. The maximum Gasteiger partial charge on any atom is 0.243 e. The minimum Gasteiger partial charge on any atom is -0.497 e. The van der Waals surface area contributed by atoms with Crippen molar-refractivity contribution in [3.05, 3.63) is 84.4 Å². The van der Waals surface area contributed by atoms with Crippen LogP contribution in [0.1, 0.15) is 12.0 Å². The molecular weight excluding hydrogens is 364 g/mol. The molecule has 29 heavy (non-hydrogen) atoms. The number of ether oxygens (including phenoxy) is 2. The topological polar surface area (TPSA) is 59.6 Å². The van der Waals surface area contributed by atoms with Crippen LogP contribution in [0.25, 0.3) is 0 Å². The van der Waals surface area contributed by atoms with Crippen LogP contribution in [0.15, 0.2) is 78.9 Å². The van der Waals surface area contributed by atoms with E-state index < -0.39 is 0 Å². The van der Waals surface area contributed by atoms with Crippen LogP contribution in [0.2, 0.25) is 0 Å². The Hall–Kier alpha value is -3.47. The Bertz CT molecular complexity index is 896. The molecule has 0 heterocycles. The van der Waals surface area contributed by atoms with Crippen molar-refractivity contribution in [1.29, 1.82) is 0 Å². The van der Waals surface area contributed by atoms with Crippen LogP contribution in [0, 0.1) is 0 Å². The average Bonchev–Trinajstić information content (AvgIpc) is 2.77. The molecule has 1 amide bonds. The third kappa shape index (κ3) is 6.88. The number of anilines is 2. The second kappa shape index (κ2) is 10.8. The van der Waals surface area contributed by atoms with Gasteiger partial charge in [-0.2, -0.15) is 0 Å². The van der Waals surface area contributed by atoms with Gasteiger partial charge < -0.3 is 20.1 Å². The SMILES string of the molecule is COc1cccc(NC(=O)CNc2ccc(OCCCc3ccccc3)cc2)c1. The lowest BCUT2D eigenvalue weighted by molar-refractivity contribution is -0.114. The van der Waals surface area contributed by atoms with Crippen molar-refractivity contribution in [3.8, 4) is 11.5 Å². The first-order valence-electron chi connectivity index (χ1n) is 9.67. The van der Waals surface area contributed by atoms with E-state index >= 15 is 0 Å². The minimum atomic E-state index is -0.125. The maximum absolute atomic E-state index is 12.1. The molecule has 3 rings (SSSR count). The van der Waals surface area contributed by atoms with Crippen molar-refractivity contribution < 1.29 is 14.3 Å². The van der Waals surface area contributed by atoms with E-state index in [-0.39, 0.29) is 12.5 Å². The fourth-order valence-electron chi connectivity index (χ4n) is 2.87. The summed E-state index contributed by atoms with van der Waals surface area (Å²) in [7, 11) is 1.60.